The first-order valence-corrected chi connectivity index (χ1v) is 52.9. The Labute approximate surface area is 876 Å². The number of ether oxygens (including phenoxy) is 1. The fourth-order valence-electron chi connectivity index (χ4n) is 20.5. The highest BCUT2D eigenvalue weighted by Gasteiger charge is 2.43. The molecule has 26 aromatic rings. The molecule has 146 heavy (non-hydrogen) atoms. The lowest BCUT2D eigenvalue weighted by molar-refractivity contribution is -0.155. The number of nitrogens with zero attached hydrogens (tertiary/aromatic N) is 5. The fraction of sp³-hybridized carbons (Fsp3) is 0.0840. The van der Waals surface area contributed by atoms with E-state index in [0.717, 1.165) is 220 Å². The summed E-state index contributed by atoms with van der Waals surface area (Å²) in [5.41, 5.74) is 34.9. The normalized spacial score (nSPS) is 13.2. The molecular weight excluding hydrogens is 2170 g/mol. The maximum atomic E-state index is 14.6. The zero-order chi connectivity index (χ0) is 100. The second-order valence-electron chi connectivity index (χ2n) is 38.1. The van der Waals surface area contributed by atoms with Gasteiger partial charge in [0.2, 0.25) is 5.91 Å². The van der Waals surface area contributed by atoms with E-state index in [1.54, 1.807) is 32.9 Å². The van der Waals surface area contributed by atoms with E-state index >= 15 is 0 Å². The first kappa shape index (κ1) is 92.9. The van der Waals surface area contributed by atoms with E-state index in [9.17, 15) is 18.0 Å². The molecule has 1 unspecified atom stereocenters. The summed E-state index contributed by atoms with van der Waals surface area (Å²) in [6.45, 7) is 11.5. The van der Waals surface area contributed by atoms with Crippen molar-refractivity contribution in [2.45, 2.75) is 69.8 Å². The third-order valence-electron chi connectivity index (χ3n) is 27.3. The number of hydrogen-bond acceptors (Lipinski definition) is 12. The molecule has 18 aromatic carbocycles. The maximum Gasteiger partial charge on any atom is 0.308 e. The zero-order valence-electron chi connectivity index (χ0n) is 79.1. The number of aliphatic imine (C=N–C) groups is 2. The van der Waals surface area contributed by atoms with Gasteiger partial charge in [-0.25, -0.2) is 28.4 Å². The van der Waals surface area contributed by atoms with Crippen LogP contribution in [-0.2, 0) is 24.2 Å². The van der Waals surface area contributed by atoms with Crippen molar-refractivity contribution >= 4 is 310 Å². The van der Waals surface area contributed by atoms with Crippen molar-refractivity contribution in [3.05, 3.63) is 366 Å². The maximum absolute atomic E-state index is 14.6. The van der Waals surface area contributed by atoms with Gasteiger partial charge >= 0.3 is 5.97 Å². The van der Waals surface area contributed by atoms with Crippen LogP contribution in [-0.4, -0.2) is 98.7 Å². The summed E-state index contributed by atoms with van der Waals surface area (Å²) >= 11 is 17.9. The average Bonchev–Trinajstić information content (AvgIpc) is 1.54. The van der Waals surface area contributed by atoms with Crippen molar-refractivity contribution in [2.24, 2.45) is 15.7 Å². The van der Waals surface area contributed by atoms with Gasteiger partial charge in [0.25, 0.3) is 0 Å². The number of rotatable bonds is 12. The van der Waals surface area contributed by atoms with Gasteiger partial charge in [0.15, 0.2) is 9.84 Å². The molecule has 0 saturated carbocycles. The summed E-state index contributed by atoms with van der Waals surface area (Å²) < 4.78 is 39.4. The van der Waals surface area contributed by atoms with Gasteiger partial charge in [0.1, 0.15) is 28.3 Å². The first-order valence-electron chi connectivity index (χ1n) is 47.4. The second-order valence-corrected chi connectivity index (χ2v) is 44.7. The van der Waals surface area contributed by atoms with Gasteiger partial charge in [-0.3, -0.25) is 14.6 Å². The Kier molecular flexibility index (Phi) is 23.3. The standard InChI is InChI=1S/C32H19Br2N5.C31H28BrN5O3.C31H22BrN3O2S.C25H18BrN3/c33-18-5-9-28-24(11-18)17(15-36-28)14-35-20-7-8-22-21-3-1-2-4-23(21)30-31(26(22)13-20)39-32(38-30)27-16-37-29-10-6-19(34)12-25(27)29;1-31(2,3)40-26(38)14-24(33)30(39)35-17-9-10-19-18-6-4-5-7-20(18)27-28(22(19)13-17)37-29(36-27)23-15-34-25-11-8-16(32)12-21(23)25;1-17-6-10-20(11-7-17)38(36,37)31-28-25-15-19(33)9-12-22(25)21-4-2-3-5-23(21)29(28)35-30(31)26-16-34-27-13-8-18(32)14-24(26)27;1-13-3-6-16-17-7-4-14(2)10-20(17)24-23(19(16)9-13)28-25(29-24)21-12-27-22-8-5-15(26)11-18(21)22/h1-16,36-37H,(H,38,39);4-13,15,24,34H,14,33H2,1-3H3,(H,35,39)(H,36,37);2-16,31,34H,33H2,1H3;3-12,27H,1-2H3,(H,28,29)/t;24-;;/m.0../s1. The lowest BCUT2D eigenvalue weighted by atomic mass is 9.93. The van der Waals surface area contributed by atoms with Crippen LogP contribution in [0.25, 0.3) is 208 Å². The monoisotopic (exact) mass is 2250 g/mol. The molecular formula is C119H87Br5N16O5S. The fourth-order valence-corrected chi connectivity index (χ4v) is 24.2. The Morgan fingerprint density at radius 3 is 1.35 bits per heavy atom. The van der Waals surface area contributed by atoms with E-state index in [-0.39, 0.29) is 11.3 Å². The molecule has 1 aliphatic heterocycles. The van der Waals surface area contributed by atoms with E-state index in [2.05, 4.69) is 272 Å². The number of carbonyl (C=O) groups excluding carboxylic acids is 2. The SMILES string of the molecule is Brc1ccc2[nH]cc(C=Nc3ccc4c5ccccc5c5nc(-c6c[nH]c7ccc(Br)cc67)[nH]c5c4c3)c2c1.CC(C)(C)OC(=O)C[C@H](N)C(=O)Nc1ccc2c3ccccc3c3[nH]c(-c4c[nH]c5ccc(Br)cc45)nc3c2c1.Cc1ccc(S(=O)(=O)C2C(c3c[nH]c4ccc(Br)cc34)=Nc3c2c2cc(N)ccc2c2ccccc32)cc1.Cc1ccc2c3ccc(C)cc3c3[nH]c(-c4c[nH]c5ccc(Br)cc45)nc3c2c1. The van der Waals surface area contributed by atoms with Crippen LogP contribution in [0.15, 0.2) is 347 Å². The molecule has 1 aliphatic rings. The number of nitrogen functional groups attached to an aromatic ring is 1. The molecule has 8 aromatic heterocycles. The average molecular weight is 2250 g/mol. The number of aryl methyl sites for hydroxylation is 3. The molecule has 0 aliphatic carbocycles. The molecule has 0 spiro atoms. The quantitative estimate of drug-likeness (QED) is 0.0238. The van der Waals surface area contributed by atoms with Crippen LogP contribution in [0.4, 0.5) is 22.7 Å². The van der Waals surface area contributed by atoms with Crippen LogP contribution in [0.5, 0.6) is 0 Å². The number of imidazole rings is 3. The summed E-state index contributed by atoms with van der Waals surface area (Å²) in [5, 5.41) is 24.4. The molecule has 0 bridgehead atoms. The van der Waals surface area contributed by atoms with Gasteiger partial charge in [0.05, 0.1) is 67.5 Å². The molecule has 0 fully saturated rings. The third-order valence-corrected chi connectivity index (χ3v) is 31.8. The largest absolute Gasteiger partial charge is 0.460 e. The number of fused-ring (bicyclic) bond motifs is 29. The van der Waals surface area contributed by atoms with E-state index in [4.69, 9.17) is 41.1 Å². The van der Waals surface area contributed by atoms with Crippen molar-refractivity contribution in [1.29, 1.82) is 0 Å². The zero-order valence-corrected chi connectivity index (χ0v) is 87.9. The highest BCUT2D eigenvalue weighted by Crippen LogP contribution is 2.53. The number of nitrogens with one attached hydrogen (secondary N) is 9. The molecule has 2 atom stereocenters. The van der Waals surface area contributed by atoms with Gasteiger partial charge in [-0.2, -0.15) is 0 Å². The molecule has 9 heterocycles. The number of carbonyl (C=O) groups is 2. The molecule has 1 amide bonds. The molecule has 0 radical (unpaired) electrons. The van der Waals surface area contributed by atoms with Crippen molar-refractivity contribution in [2.75, 3.05) is 11.1 Å². The van der Waals surface area contributed by atoms with Gasteiger partial charge < -0.3 is 61.4 Å². The Balaban J connectivity index is 0.000000105. The van der Waals surface area contributed by atoms with E-state index < -0.39 is 38.6 Å². The molecule has 27 heteroatoms. The Hall–Kier alpha value is -15.5. The van der Waals surface area contributed by atoms with Crippen LogP contribution in [0.1, 0.15) is 65.8 Å². The summed E-state index contributed by atoms with van der Waals surface area (Å²) in [4.78, 5) is 78.2. The Morgan fingerprint density at radius 1 is 0.411 bits per heavy atom. The minimum absolute atomic E-state index is 0.213. The summed E-state index contributed by atoms with van der Waals surface area (Å²) in [5.74, 6) is 1.49. The lowest BCUT2D eigenvalue weighted by Gasteiger charge is -2.20. The molecule has 13 N–H and O–H groups in total. The second kappa shape index (κ2) is 36.7. The van der Waals surface area contributed by atoms with Crippen LogP contribution in [0.2, 0.25) is 0 Å². The molecule has 0 saturated heterocycles. The number of nitrogens with two attached hydrogens (primary N) is 2. The minimum Gasteiger partial charge on any atom is -0.460 e. The Morgan fingerprint density at radius 2 is 0.808 bits per heavy atom. The van der Waals surface area contributed by atoms with Crippen molar-refractivity contribution in [3.63, 3.8) is 0 Å². The summed E-state index contributed by atoms with van der Waals surface area (Å²) in [6.07, 6.45) is 11.6. The summed E-state index contributed by atoms with van der Waals surface area (Å²) in [7, 11) is -3.89. The predicted molar refractivity (Wildman–Crippen MR) is 617 cm³/mol. The third kappa shape index (κ3) is 16.8. The van der Waals surface area contributed by atoms with Crippen LogP contribution >= 0.6 is 79.6 Å². The van der Waals surface area contributed by atoms with Crippen LogP contribution in [0, 0.1) is 20.8 Å². The van der Waals surface area contributed by atoms with E-state index in [1.165, 1.54) is 43.4 Å². The predicted octanol–water partition coefficient (Wildman–Crippen LogP) is 31.7. The number of H-pyrrole nitrogens is 8. The van der Waals surface area contributed by atoms with E-state index in [0.29, 0.717) is 28.3 Å². The number of esters is 1. The Bertz CT molecular complexity index is 10100. The van der Waals surface area contributed by atoms with Gasteiger partial charge in [0, 0.05) is 197 Å². The van der Waals surface area contributed by atoms with Crippen LogP contribution < -0.4 is 16.8 Å². The van der Waals surface area contributed by atoms with Gasteiger partial charge in [-0.1, -0.05) is 224 Å². The number of halogens is 5. The first-order chi connectivity index (χ1) is 70.6. The van der Waals surface area contributed by atoms with Crippen molar-refractivity contribution in [1.82, 2.24) is 54.8 Å². The molecule has 714 valence electrons. The minimum atomic E-state index is -3.89. The summed E-state index contributed by atoms with van der Waals surface area (Å²) in [6, 6.07) is 92.5. The number of benzene rings is 18. The highest BCUT2D eigenvalue weighted by molar-refractivity contribution is 9.11. The van der Waals surface area contributed by atoms with Gasteiger partial charge in [-0.05, 0) is 242 Å². The number of amides is 1. The van der Waals surface area contributed by atoms with Crippen molar-refractivity contribution in [3.8, 4) is 34.2 Å². The number of anilines is 2. The number of hydrogen-bond donors (Lipinski definition) is 11. The molecule has 27 rings (SSSR count). The number of aromatic amines is 8. The topological polar surface area (TPSA) is 331 Å². The van der Waals surface area contributed by atoms with Gasteiger partial charge in [-0.15, -0.1) is 0 Å². The number of sulfone groups is 1. The van der Waals surface area contributed by atoms with Crippen LogP contribution in [0.3, 0.4) is 0 Å². The lowest BCUT2D eigenvalue weighted by Crippen LogP contribution is -2.39. The molecule has 21 nitrogen and oxygen atoms in total. The number of aromatic nitrogens is 11. The van der Waals surface area contributed by atoms with E-state index in [1.807, 2.05) is 178 Å². The smallest absolute Gasteiger partial charge is 0.308 e. The van der Waals surface area contributed by atoms with Crippen molar-refractivity contribution < 1.29 is 22.7 Å². The highest BCUT2D eigenvalue weighted by atomic mass is 79.9.